The van der Waals surface area contributed by atoms with Crippen molar-refractivity contribution < 1.29 is 14.3 Å². The van der Waals surface area contributed by atoms with Gasteiger partial charge in [0.25, 0.3) is 5.91 Å². The van der Waals surface area contributed by atoms with Gasteiger partial charge in [-0.3, -0.25) is 4.79 Å². The summed E-state index contributed by atoms with van der Waals surface area (Å²) in [6, 6.07) is 10.9. The van der Waals surface area contributed by atoms with E-state index in [0.29, 0.717) is 28.6 Å². The lowest BCUT2D eigenvalue weighted by atomic mass is 10.0. The van der Waals surface area contributed by atoms with E-state index in [0.717, 1.165) is 23.3 Å². The maximum absolute atomic E-state index is 12.6. The molecule has 6 heteroatoms. The number of hydrogen-bond acceptors (Lipinski definition) is 4. The van der Waals surface area contributed by atoms with Gasteiger partial charge < -0.3 is 14.8 Å². The Morgan fingerprint density at radius 1 is 1.43 bits per heavy atom. The maximum Gasteiger partial charge on any atom is 0.266 e. The highest BCUT2D eigenvalue weighted by Gasteiger charge is 2.22. The quantitative estimate of drug-likeness (QED) is 0.575. The average Bonchev–Trinajstić information content (AvgIpc) is 3.01. The second-order valence-electron chi connectivity index (χ2n) is 6.65. The van der Waals surface area contributed by atoms with E-state index in [4.69, 9.17) is 21.1 Å². The third kappa shape index (κ3) is 4.29. The zero-order valence-electron chi connectivity index (χ0n) is 16.0. The predicted molar refractivity (Wildman–Crippen MR) is 110 cm³/mol. The smallest absolute Gasteiger partial charge is 0.266 e. The number of carbonyl (C=O) groups is 1. The molecule has 0 aromatic heterocycles. The monoisotopic (exact) mass is 396 g/mol. The Kier molecular flexibility index (Phi) is 5.91. The van der Waals surface area contributed by atoms with Crippen molar-refractivity contribution in [3.63, 3.8) is 0 Å². The van der Waals surface area contributed by atoms with Gasteiger partial charge in [0.1, 0.15) is 29.2 Å². The Balaban J connectivity index is 1.94. The summed E-state index contributed by atoms with van der Waals surface area (Å²) < 4.78 is 11.5. The number of aryl methyl sites for hydroxylation is 1. The molecule has 28 heavy (non-hydrogen) atoms. The zero-order valence-corrected chi connectivity index (χ0v) is 16.8. The fourth-order valence-electron chi connectivity index (χ4n) is 3.07. The van der Waals surface area contributed by atoms with Crippen LogP contribution in [0.5, 0.6) is 11.5 Å². The van der Waals surface area contributed by atoms with Crippen molar-refractivity contribution in [2.24, 2.45) is 0 Å². The van der Waals surface area contributed by atoms with E-state index in [-0.39, 0.29) is 11.7 Å². The normalized spacial score (nSPS) is 15.4. The largest absolute Gasteiger partial charge is 0.493 e. The van der Waals surface area contributed by atoms with E-state index in [2.05, 4.69) is 5.32 Å². The first-order valence-electron chi connectivity index (χ1n) is 9.07. The van der Waals surface area contributed by atoms with E-state index in [9.17, 15) is 10.1 Å². The molecule has 1 heterocycles. The fourth-order valence-corrected chi connectivity index (χ4v) is 3.24. The molecule has 0 fully saturated rings. The standard InChI is InChI=1S/C22H21ClN2O3/c1-4-27-20-9-15-7-14(3)28-21(15)10-16(20)8-17(12-24)22(26)25-19-11-18(23)6-5-13(19)2/h5-6,8-11,14H,4,7H2,1-3H3,(H,25,26)/b17-8+/t14-/m1/s1. The molecule has 0 unspecified atom stereocenters. The number of amides is 1. The molecule has 144 valence electrons. The van der Waals surface area contributed by atoms with Gasteiger partial charge in [-0.15, -0.1) is 0 Å². The van der Waals surface area contributed by atoms with E-state index >= 15 is 0 Å². The summed E-state index contributed by atoms with van der Waals surface area (Å²) in [5, 5.41) is 12.8. The van der Waals surface area contributed by atoms with E-state index in [1.807, 2.05) is 39.0 Å². The van der Waals surface area contributed by atoms with Crippen molar-refractivity contribution in [2.45, 2.75) is 33.3 Å². The van der Waals surface area contributed by atoms with Gasteiger partial charge in [-0.2, -0.15) is 5.26 Å². The minimum absolute atomic E-state index is 0.0358. The number of ether oxygens (including phenoxy) is 2. The lowest BCUT2D eigenvalue weighted by Crippen LogP contribution is -2.14. The highest BCUT2D eigenvalue weighted by molar-refractivity contribution is 6.31. The van der Waals surface area contributed by atoms with Crippen molar-refractivity contribution in [3.8, 4) is 17.6 Å². The number of nitrogens with zero attached hydrogens (tertiary/aromatic N) is 1. The van der Waals surface area contributed by atoms with Crippen molar-refractivity contribution in [1.82, 2.24) is 0 Å². The molecule has 2 aromatic rings. The minimum atomic E-state index is -0.509. The Bertz CT molecular complexity index is 992. The average molecular weight is 397 g/mol. The maximum atomic E-state index is 12.6. The van der Waals surface area contributed by atoms with Gasteiger partial charge in [0.2, 0.25) is 0 Å². The molecule has 1 atom stereocenters. The van der Waals surface area contributed by atoms with Gasteiger partial charge in [-0.05, 0) is 56.7 Å². The molecular formula is C22H21ClN2O3. The molecule has 0 aliphatic carbocycles. The summed E-state index contributed by atoms with van der Waals surface area (Å²) in [6.07, 6.45) is 2.42. The number of halogens is 1. The van der Waals surface area contributed by atoms with E-state index < -0.39 is 5.91 Å². The summed E-state index contributed by atoms with van der Waals surface area (Å²) in [6.45, 7) is 6.22. The van der Waals surface area contributed by atoms with Gasteiger partial charge in [-0.25, -0.2) is 0 Å². The second-order valence-corrected chi connectivity index (χ2v) is 7.08. The molecule has 5 nitrogen and oxygen atoms in total. The van der Waals surface area contributed by atoms with Crippen LogP contribution in [0.25, 0.3) is 6.08 Å². The molecule has 1 amide bonds. The topological polar surface area (TPSA) is 71.3 Å². The summed E-state index contributed by atoms with van der Waals surface area (Å²) in [7, 11) is 0. The number of benzene rings is 2. The van der Waals surface area contributed by atoms with Crippen molar-refractivity contribution in [1.29, 1.82) is 5.26 Å². The van der Waals surface area contributed by atoms with Crippen molar-refractivity contribution in [2.75, 3.05) is 11.9 Å². The number of nitriles is 1. The van der Waals surface area contributed by atoms with Gasteiger partial charge in [0, 0.05) is 28.3 Å². The predicted octanol–water partition coefficient (Wildman–Crippen LogP) is 4.92. The first-order chi connectivity index (χ1) is 13.4. The molecule has 3 rings (SSSR count). The Labute approximate surface area is 169 Å². The van der Waals surface area contributed by atoms with Crippen LogP contribution in [0.15, 0.2) is 35.9 Å². The highest BCUT2D eigenvalue weighted by atomic mass is 35.5. The Morgan fingerprint density at radius 2 is 2.21 bits per heavy atom. The van der Waals surface area contributed by atoms with Gasteiger partial charge in [0.05, 0.1) is 6.61 Å². The summed E-state index contributed by atoms with van der Waals surface area (Å²) in [5.41, 5.74) is 3.07. The molecule has 1 N–H and O–H groups in total. The molecular weight excluding hydrogens is 376 g/mol. The zero-order chi connectivity index (χ0) is 20.3. The molecule has 0 saturated carbocycles. The molecule has 2 aromatic carbocycles. The number of anilines is 1. The van der Waals surface area contributed by atoms with Crippen LogP contribution < -0.4 is 14.8 Å². The second kappa shape index (κ2) is 8.37. The summed E-state index contributed by atoms with van der Waals surface area (Å²) in [4.78, 5) is 12.6. The molecule has 1 aliphatic heterocycles. The number of rotatable bonds is 5. The minimum Gasteiger partial charge on any atom is -0.493 e. The summed E-state index contributed by atoms with van der Waals surface area (Å²) in [5.74, 6) is 0.870. The van der Waals surface area contributed by atoms with Gasteiger partial charge in [0.15, 0.2) is 0 Å². The van der Waals surface area contributed by atoms with Gasteiger partial charge >= 0.3 is 0 Å². The van der Waals surface area contributed by atoms with Crippen LogP contribution in [0.4, 0.5) is 5.69 Å². The van der Waals surface area contributed by atoms with Crippen LogP contribution >= 0.6 is 11.6 Å². The van der Waals surface area contributed by atoms with Crippen LogP contribution in [0.1, 0.15) is 30.5 Å². The number of fused-ring (bicyclic) bond motifs is 1. The van der Waals surface area contributed by atoms with Crippen LogP contribution in [-0.4, -0.2) is 18.6 Å². The molecule has 0 saturated heterocycles. The number of nitrogens with one attached hydrogen (secondary N) is 1. The Morgan fingerprint density at radius 3 is 2.93 bits per heavy atom. The summed E-state index contributed by atoms with van der Waals surface area (Å²) >= 11 is 6.00. The first-order valence-corrected chi connectivity index (χ1v) is 9.44. The SMILES string of the molecule is CCOc1cc2c(cc1/C=C(\C#N)C(=O)Nc1cc(Cl)ccc1C)O[C@H](C)C2. The fraction of sp³-hybridized carbons (Fsp3) is 0.273. The highest BCUT2D eigenvalue weighted by Crippen LogP contribution is 2.36. The third-order valence-electron chi connectivity index (χ3n) is 4.44. The third-order valence-corrected chi connectivity index (χ3v) is 4.68. The van der Waals surface area contributed by atoms with Gasteiger partial charge in [-0.1, -0.05) is 17.7 Å². The molecule has 0 radical (unpaired) electrons. The lowest BCUT2D eigenvalue weighted by molar-refractivity contribution is -0.112. The Hall–Kier alpha value is -2.97. The van der Waals surface area contributed by atoms with Crippen LogP contribution in [0, 0.1) is 18.3 Å². The van der Waals surface area contributed by atoms with E-state index in [1.165, 1.54) is 6.08 Å². The molecule has 1 aliphatic rings. The molecule has 0 spiro atoms. The van der Waals surface area contributed by atoms with Crippen molar-refractivity contribution >= 4 is 29.3 Å². The lowest BCUT2D eigenvalue weighted by Gasteiger charge is -2.11. The van der Waals surface area contributed by atoms with E-state index in [1.54, 1.807) is 18.2 Å². The number of carbonyl (C=O) groups excluding carboxylic acids is 1. The van der Waals surface area contributed by atoms with Crippen LogP contribution in [-0.2, 0) is 11.2 Å². The van der Waals surface area contributed by atoms with Crippen LogP contribution in [0.3, 0.4) is 0 Å². The van der Waals surface area contributed by atoms with Crippen LogP contribution in [0.2, 0.25) is 5.02 Å². The molecule has 0 bridgehead atoms. The van der Waals surface area contributed by atoms with Crippen molar-refractivity contribution in [3.05, 3.63) is 57.6 Å². The first kappa shape index (κ1) is 19.8. The number of hydrogen-bond donors (Lipinski definition) is 1.